The van der Waals surface area contributed by atoms with Crippen molar-refractivity contribution in [3.05, 3.63) is 47.8 Å². The number of aromatic nitrogens is 1. The molecule has 0 atom stereocenters. The number of methoxy groups -OCH3 is 1. The van der Waals surface area contributed by atoms with Crippen LogP contribution in [0, 0.1) is 0 Å². The summed E-state index contributed by atoms with van der Waals surface area (Å²) in [6, 6.07) is 4.67. The third-order valence-electron chi connectivity index (χ3n) is 2.73. The van der Waals surface area contributed by atoms with Gasteiger partial charge in [0.05, 0.1) is 12.7 Å². The van der Waals surface area contributed by atoms with Crippen molar-refractivity contribution in [2.75, 3.05) is 7.11 Å². The van der Waals surface area contributed by atoms with Crippen LogP contribution in [0.5, 0.6) is 5.75 Å². The van der Waals surface area contributed by atoms with Gasteiger partial charge in [0.1, 0.15) is 12.0 Å². The third kappa shape index (κ3) is 2.79. The van der Waals surface area contributed by atoms with Gasteiger partial charge in [-0.1, -0.05) is 0 Å². The number of alkyl halides is 3. The Balaban J connectivity index is 2.65. The number of halogens is 3. The minimum atomic E-state index is -4.52. The average molecular weight is 281 g/mol. The average Bonchev–Trinajstić information content (AvgIpc) is 2.45. The second-order valence-electron chi connectivity index (χ2n) is 4.04. The van der Waals surface area contributed by atoms with Gasteiger partial charge in [-0.15, -0.1) is 0 Å². The van der Waals surface area contributed by atoms with Crippen molar-refractivity contribution in [3.63, 3.8) is 0 Å². The maximum Gasteiger partial charge on any atom is 0.416 e. The predicted molar refractivity (Wildman–Crippen MR) is 66.6 cm³/mol. The molecule has 0 aliphatic rings. The molecular weight excluding hydrogens is 271 g/mol. The van der Waals surface area contributed by atoms with E-state index < -0.39 is 11.7 Å². The van der Waals surface area contributed by atoms with Crippen LogP contribution in [0.2, 0.25) is 0 Å². The summed E-state index contributed by atoms with van der Waals surface area (Å²) in [6.07, 6.45) is -1.29. The monoisotopic (exact) mass is 281 g/mol. The Kier molecular flexibility index (Phi) is 3.74. The molecule has 0 aliphatic heterocycles. The smallest absolute Gasteiger partial charge is 0.416 e. The second kappa shape index (κ2) is 5.32. The Bertz CT molecular complexity index is 639. The van der Waals surface area contributed by atoms with E-state index in [9.17, 15) is 18.0 Å². The zero-order chi connectivity index (χ0) is 14.8. The molecule has 0 bridgehead atoms. The standard InChI is InChI=1S/C14H10F3NO2/c1-20-13-2-3-18-7-12(13)10-4-9(8-19)5-11(6-10)14(15,16)17/h2-8H,1H3. The Morgan fingerprint density at radius 3 is 2.60 bits per heavy atom. The number of hydrogen-bond acceptors (Lipinski definition) is 3. The summed E-state index contributed by atoms with van der Waals surface area (Å²) in [5, 5.41) is 0. The Labute approximate surface area is 113 Å². The van der Waals surface area contributed by atoms with Crippen molar-refractivity contribution < 1.29 is 22.7 Å². The van der Waals surface area contributed by atoms with Gasteiger partial charge < -0.3 is 4.74 Å². The lowest BCUT2D eigenvalue weighted by Gasteiger charge is -2.12. The van der Waals surface area contributed by atoms with Crippen molar-refractivity contribution in [1.82, 2.24) is 4.98 Å². The van der Waals surface area contributed by atoms with Gasteiger partial charge in [-0.3, -0.25) is 9.78 Å². The van der Waals surface area contributed by atoms with Gasteiger partial charge in [0, 0.05) is 23.5 Å². The van der Waals surface area contributed by atoms with E-state index in [0.29, 0.717) is 17.6 Å². The van der Waals surface area contributed by atoms with E-state index in [2.05, 4.69) is 4.98 Å². The Hall–Kier alpha value is -2.37. The summed E-state index contributed by atoms with van der Waals surface area (Å²) in [4.78, 5) is 14.7. The number of rotatable bonds is 3. The number of pyridine rings is 1. The molecule has 0 unspecified atom stereocenters. The molecule has 0 radical (unpaired) electrons. The van der Waals surface area contributed by atoms with Gasteiger partial charge in [-0.2, -0.15) is 13.2 Å². The summed E-state index contributed by atoms with van der Waals surface area (Å²) < 4.78 is 43.5. The number of ether oxygens (including phenoxy) is 1. The van der Waals surface area contributed by atoms with Crippen LogP contribution < -0.4 is 4.74 Å². The van der Waals surface area contributed by atoms with Gasteiger partial charge in [0.15, 0.2) is 0 Å². The first-order valence-electron chi connectivity index (χ1n) is 5.61. The maximum atomic E-state index is 12.8. The number of nitrogens with zero attached hydrogens (tertiary/aromatic N) is 1. The predicted octanol–water partition coefficient (Wildman–Crippen LogP) is 3.59. The van der Waals surface area contributed by atoms with Crippen LogP contribution in [0.1, 0.15) is 15.9 Å². The molecule has 0 fully saturated rings. The first-order valence-corrected chi connectivity index (χ1v) is 5.61. The molecule has 3 nitrogen and oxygen atoms in total. The molecular formula is C14H10F3NO2. The molecule has 1 heterocycles. The van der Waals surface area contributed by atoms with E-state index in [1.807, 2.05) is 0 Å². The number of carbonyl (C=O) groups is 1. The van der Waals surface area contributed by atoms with E-state index in [4.69, 9.17) is 4.74 Å². The highest BCUT2D eigenvalue weighted by Crippen LogP contribution is 2.35. The number of benzene rings is 1. The van der Waals surface area contributed by atoms with Gasteiger partial charge >= 0.3 is 6.18 Å². The first-order chi connectivity index (χ1) is 9.45. The zero-order valence-electron chi connectivity index (χ0n) is 10.4. The number of carbonyl (C=O) groups excluding carboxylic acids is 1. The molecule has 6 heteroatoms. The van der Waals surface area contributed by atoms with E-state index in [1.54, 1.807) is 0 Å². The van der Waals surface area contributed by atoms with Crippen LogP contribution in [0.4, 0.5) is 13.2 Å². The van der Waals surface area contributed by atoms with Crippen LogP contribution in [-0.4, -0.2) is 18.4 Å². The second-order valence-corrected chi connectivity index (χ2v) is 4.04. The molecule has 0 aliphatic carbocycles. The topological polar surface area (TPSA) is 39.2 Å². The van der Waals surface area contributed by atoms with E-state index in [-0.39, 0.29) is 11.1 Å². The third-order valence-corrected chi connectivity index (χ3v) is 2.73. The molecule has 104 valence electrons. The summed E-state index contributed by atoms with van der Waals surface area (Å²) in [5.41, 5.74) is -0.320. The van der Waals surface area contributed by atoms with Gasteiger partial charge in [0.2, 0.25) is 0 Å². The lowest BCUT2D eigenvalue weighted by Crippen LogP contribution is -2.06. The van der Waals surface area contributed by atoms with Gasteiger partial charge in [-0.05, 0) is 29.8 Å². The van der Waals surface area contributed by atoms with Crippen molar-refractivity contribution in [1.29, 1.82) is 0 Å². The van der Waals surface area contributed by atoms with Crippen molar-refractivity contribution >= 4 is 6.29 Å². The highest BCUT2D eigenvalue weighted by molar-refractivity contribution is 5.81. The molecule has 0 saturated carbocycles. The SMILES string of the molecule is COc1ccncc1-c1cc(C=O)cc(C(F)(F)F)c1. The van der Waals surface area contributed by atoms with Crippen LogP contribution >= 0.6 is 0 Å². The molecule has 0 saturated heterocycles. The molecule has 2 rings (SSSR count). The molecule has 20 heavy (non-hydrogen) atoms. The fraction of sp³-hybridized carbons (Fsp3) is 0.143. The summed E-state index contributed by atoms with van der Waals surface area (Å²) in [5.74, 6) is 0.385. The fourth-order valence-electron chi connectivity index (χ4n) is 1.82. The Morgan fingerprint density at radius 2 is 2.00 bits per heavy atom. The molecule has 0 N–H and O–H groups in total. The minimum absolute atomic E-state index is 0.0549. The lowest BCUT2D eigenvalue weighted by molar-refractivity contribution is -0.137. The summed E-state index contributed by atoms with van der Waals surface area (Å²) in [6.45, 7) is 0. The quantitative estimate of drug-likeness (QED) is 0.807. The molecule has 2 aromatic rings. The van der Waals surface area contributed by atoms with Crippen LogP contribution in [0.3, 0.4) is 0 Å². The zero-order valence-corrected chi connectivity index (χ0v) is 10.4. The maximum absolute atomic E-state index is 12.8. The van der Waals surface area contributed by atoms with E-state index in [0.717, 1.165) is 12.1 Å². The van der Waals surface area contributed by atoms with Crippen LogP contribution in [0.25, 0.3) is 11.1 Å². The first kappa shape index (κ1) is 14.0. The van der Waals surface area contributed by atoms with E-state index in [1.165, 1.54) is 31.6 Å². The molecule has 1 aromatic carbocycles. The van der Waals surface area contributed by atoms with Crippen LogP contribution in [0.15, 0.2) is 36.7 Å². The summed E-state index contributed by atoms with van der Waals surface area (Å²) in [7, 11) is 1.41. The number of aldehydes is 1. The fourth-order valence-corrected chi connectivity index (χ4v) is 1.82. The highest BCUT2D eigenvalue weighted by Gasteiger charge is 2.31. The summed E-state index contributed by atoms with van der Waals surface area (Å²) >= 11 is 0. The Morgan fingerprint density at radius 1 is 1.25 bits per heavy atom. The number of hydrogen-bond donors (Lipinski definition) is 0. The van der Waals surface area contributed by atoms with Crippen molar-refractivity contribution in [3.8, 4) is 16.9 Å². The molecule has 0 amide bonds. The van der Waals surface area contributed by atoms with Crippen molar-refractivity contribution in [2.24, 2.45) is 0 Å². The highest BCUT2D eigenvalue weighted by atomic mass is 19.4. The van der Waals surface area contributed by atoms with Gasteiger partial charge in [0.25, 0.3) is 0 Å². The lowest BCUT2D eigenvalue weighted by atomic mass is 10.0. The van der Waals surface area contributed by atoms with Gasteiger partial charge in [-0.25, -0.2) is 0 Å². The molecule has 1 aromatic heterocycles. The minimum Gasteiger partial charge on any atom is -0.496 e. The van der Waals surface area contributed by atoms with Crippen LogP contribution in [-0.2, 0) is 6.18 Å². The van der Waals surface area contributed by atoms with Crippen molar-refractivity contribution in [2.45, 2.75) is 6.18 Å². The van der Waals surface area contributed by atoms with E-state index >= 15 is 0 Å². The largest absolute Gasteiger partial charge is 0.496 e. The normalized spacial score (nSPS) is 11.2. The molecule has 0 spiro atoms.